The summed E-state index contributed by atoms with van der Waals surface area (Å²) >= 11 is 0. The number of fused-ring (bicyclic) bond motifs is 2. The molecule has 3 heterocycles. The molecule has 1 aromatic heterocycles. The summed E-state index contributed by atoms with van der Waals surface area (Å²) in [7, 11) is 1.61. The minimum absolute atomic E-state index is 0.0331. The number of carbonyl (C=O) groups excluding carboxylic acids is 1. The Morgan fingerprint density at radius 3 is 2.62 bits per heavy atom. The van der Waals surface area contributed by atoms with Crippen molar-refractivity contribution in [2.75, 3.05) is 7.11 Å². The van der Waals surface area contributed by atoms with E-state index < -0.39 is 11.6 Å². The minimum Gasteiger partial charge on any atom is -0.378 e. The van der Waals surface area contributed by atoms with Gasteiger partial charge in [-0.3, -0.25) is 4.79 Å². The minimum atomic E-state index is -0.808. The first kappa shape index (κ1) is 17.1. The molecule has 4 rings (SSSR count). The first-order chi connectivity index (χ1) is 12.6. The third-order valence-electron chi connectivity index (χ3n) is 5.33. The van der Waals surface area contributed by atoms with Gasteiger partial charge in [-0.2, -0.15) is 0 Å². The zero-order valence-corrected chi connectivity index (χ0v) is 14.4. The van der Waals surface area contributed by atoms with E-state index in [1.54, 1.807) is 12.0 Å². The smallest absolute Gasteiger partial charge is 0.257 e. The molecule has 2 aliphatic rings. The fourth-order valence-electron chi connectivity index (χ4n) is 4.20. The van der Waals surface area contributed by atoms with Gasteiger partial charge in [0.25, 0.3) is 5.91 Å². The summed E-state index contributed by atoms with van der Waals surface area (Å²) in [5.41, 5.74) is 0.705. The van der Waals surface area contributed by atoms with Gasteiger partial charge >= 0.3 is 0 Å². The number of rotatable bonds is 4. The maximum atomic E-state index is 14.0. The zero-order valence-electron chi connectivity index (χ0n) is 14.4. The van der Waals surface area contributed by atoms with E-state index in [-0.39, 0.29) is 29.6 Å². The van der Waals surface area contributed by atoms with Gasteiger partial charge in [-0.05, 0) is 37.8 Å². The van der Waals surface area contributed by atoms with E-state index in [9.17, 15) is 13.6 Å². The molecule has 26 heavy (non-hydrogen) atoms. The van der Waals surface area contributed by atoms with E-state index in [0.29, 0.717) is 6.61 Å². The maximum absolute atomic E-state index is 14.0. The van der Waals surface area contributed by atoms with Crippen LogP contribution in [-0.2, 0) is 11.3 Å². The number of hydrogen-bond acceptors (Lipinski definition) is 4. The maximum Gasteiger partial charge on any atom is 0.257 e. The normalized spacial score (nSPS) is 24.9. The van der Waals surface area contributed by atoms with Crippen molar-refractivity contribution in [3.8, 4) is 0 Å². The van der Waals surface area contributed by atoms with Crippen LogP contribution < -0.4 is 0 Å². The molecule has 2 aliphatic heterocycles. The van der Waals surface area contributed by atoms with Crippen LogP contribution in [0.3, 0.4) is 0 Å². The van der Waals surface area contributed by atoms with Crippen LogP contribution in [0.1, 0.15) is 47.8 Å². The predicted molar refractivity (Wildman–Crippen MR) is 88.3 cm³/mol. The van der Waals surface area contributed by atoms with Crippen molar-refractivity contribution < 1.29 is 18.3 Å². The molecular weight excluding hydrogens is 342 g/mol. The molecule has 2 atom stereocenters. The number of ether oxygens (including phenoxy) is 1. The Labute approximate surface area is 149 Å². The van der Waals surface area contributed by atoms with E-state index in [4.69, 9.17) is 4.74 Å². The second-order valence-corrected chi connectivity index (χ2v) is 6.97. The molecule has 6 nitrogen and oxygen atoms in total. The summed E-state index contributed by atoms with van der Waals surface area (Å²) in [6, 6.07) is 3.34. The highest BCUT2D eigenvalue weighted by Crippen LogP contribution is 2.41. The number of piperidine rings is 1. The van der Waals surface area contributed by atoms with Crippen LogP contribution in [0.15, 0.2) is 24.4 Å². The van der Waals surface area contributed by atoms with E-state index in [1.165, 1.54) is 6.07 Å². The number of halogens is 2. The Bertz CT molecular complexity index is 811. The molecule has 0 spiro atoms. The number of carbonyl (C=O) groups is 1. The lowest BCUT2D eigenvalue weighted by molar-refractivity contribution is 0.0518. The van der Waals surface area contributed by atoms with E-state index >= 15 is 0 Å². The molecule has 2 bridgehead atoms. The molecule has 2 fully saturated rings. The summed E-state index contributed by atoms with van der Waals surface area (Å²) in [5, 5.41) is 8.28. The van der Waals surface area contributed by atoms with E-state index in [1.807, 2.05) is 10.9 Å². The summed E-state index contributed by atoms with van der Waals surface area (Å²) in [5.74, 6) is -1.84. The molecule has 8 heteroatoms. The predicted octanol–water partition coefficient (Wildman–Crippen LogP) is 2.71. The monoisotopic (exact) mass is 362 g/mol. The molecule has 2 saturated heterocycles. The van der Waals surface area contributed by atoms with Crippen LogP contribution in [0.4, 0.5) is 8.78 Å². The highest BCUT2D eigenvalue weighted by atomic mass is 19.1. The van der Waals surface area contributed by atoms with Crippen molar-refractivity contribution in [1.29, 1.82) is 0 Å². The van der Waals surface area contributed by atoms with Crippen molar-refractivity contribution in [1.82, 2.24) is 19.9 Å². The molecule has 1 amide bonds. The summed E-state index contributed by atoms with van der Waals surface area (Å²) in [6.45, 7) is 0.411. The topological polar surface area (TPSA) is 60.2 Å². The van der Waals surface area contributed by atoms with Gasteiger partial charge in [-0.25, -0.2) is 13.5 Å². The first-order valence-electron chi connectivity index (χ1n) is 8.74. The number of aromatic nitrogens is 3. The highest BCUT2D eigenvalue weighted by molar-refractivity contribution is 5.95. The molecule has 0 N–H and O–H groups in total. The van der Waals surface area contributed by atoms with Crippen LogP contribution in [0.2, 0.25) is 0 Å². The molecule has 2 aromatic rings. The third-order valence-corrected chi connectivity index (χ3v) is 5.33. The Morgan fingerprint density at radius 2 is 1.96 bits per heavy atom. The summed E-state index contributed by atoms with van der Waals surface area (Å²) < 4.78 is 34.1. The fourth-order valence-corrected chi connectivity index (χ4v) is 4.20. The van der Waals surface area contributed by atoms with Crippen LogP contribution in [0, 0.1) is 11.6 Å². The SMILES string of the molecule is COCc1cn(C2CC3CCC(C2)N3C(=O)c2ccc(F)cc2F)nn1. The summed E-state index contributed by atoms with van der Waals surface area (Å²) in [6.07, 6.45) is 5.15. The van der Waals surface area contributed by atoms with Crippen molar-refractivity contribution in [3.63, 3.8) is 0 Å². The van der Waals surface area contributed by atoms with Crippen LogP contribution in [-0.4, -0.2) is 45.0 Å². The first-order valence-corrected chi connectivity index (χ1v) is 8.74. The average Bonchev–Trinajstić information content (AvgIpc) is 3.17. The van der Waals surface area contributed by atoms with Crippen LogP contribution >= 0.6 is 0 Å². The molecule has 0 aliphatic carbocycles. The van der Waals surface area contributed by atoms with Crippen molar-refractivity contribution in [2.24, 2.45) is 0 Å². The van der Waals surface area contributed by atoms with Gasteiger partial charge in [0.15, 0.2) is 0 Å². The molecule has 2 unspecified atom stereocenters. The highest BCUT2D eigenvalue weighted by Gasteiger charge is 2.44. The van der Waals surface area contributed by atoms with E-state index in [2.05, 4.69) is 10.3 Å². The lowest BCUT2D eigenvalue weighted by atomic mass is 9.96. The second kappa shape index (κ2) is 6.75. The number of nitrogens with zero attached hydrogens (tertiary/aromatic N) is 4. The van der Waals surface area contributed by atoms with Gasteiger partial charge in [-0.1, -0.05) is 5.21 Å². The number of amides is 1. The molecule has 1 aromatic carbocycles. The van der Waals surface area contributed by atoms with Crippen molar-refractivity contribution in [3.05, 3.63) is 47.3 Å². The molecule has 0 radical (unpaired) electrons. The van der Waals surface area contributed by atoms with Crippen LogP contribution in [0.25, 0.3) is 0 Å². The lowest BCUT2D eigenvalue weighted by Gasteiger charge is -2.39. The number of benzene rings is 1. The Kier molecular flexibility index (Phi) is 4.44. The molecule has 0 saturated carbocycles. The van der Waals surface area contributed by atoms with Crippen molar-refractivity contribution in [2.45, 2.75) is 50.4 Å². The van der Waals surface area contributed by atoms with Crippen LogP contribution in [0.5, 0.6) is 0 Å². The number of hydrogen-bond donors (Lipinski definition) is 0. The average molecular weight is 362 g/mol. The quantitative estimate of drug-likeness (QED) is 0.839. The summed E-state index contributed by atoms with van der Waals surface area (Å²) in [4.78, 5) is 14.6. The van der Waals surface area contributed by atoms with Gasteiger partial charge in [0, 0.05) is 25.3 Å². The van der Waals surface area contributed by atoms with Gasteiger partial charge in [0.2, 0.25) is 0 Å². The molecule has 138 valence electrons. The number of methoxy groups -OCH3 is 1. The second-order valence-electron chi connectivity index (χ2n) is 6.97. The zero-order chi connectivity index (χ0) is 18.3. The van der Waals surface area contributed by atoms with Gasteiger partial charge in [0.1, 0.15) is 17.3 Å². The molecular formula is C18H20F2N4O2. The van der Waals surface area contributed by atoms with Crippen molar-refractivity contribution >= 4 is 5.91 Å². The Hall–Kier alpha value is -2.35. The van der Waals surface area contributed by atoms with Gasteiger partial charge in [0.05, 0.1) is 24.4 Å². The fraction of sp³-hybridized carbons (Fsp3) is 0.500. The largest absolute Gasteiger partial charge is 0.378 e. The van der Waals surface area contributed by atoms with E-state index in [0.717, 1.165) is 43.5 Å². The van der Waals surface area contributed by atoms with Gasteiger partial charge < -0.3 is 9.64 Å². The van der Waals surface area contributed by atoms with Gasteiger partial charge in [-0.15, -0.1) is 5.10 Å². The lowest BCUT2D eigenvalue weighted by Crippen LogP contribution is -2.47. The Balaban J connectivity index is 1.52. The Morgan fingerprint density at radius 1 is 1.23 bits per heavy atom. The third kappa shape index (κ3) is 2.98. The standard InChI is InChI=1S/C18H20F2N4O2/c1-26-10-12-9-23(22-21-12)15-7-13-3-4-14(8-15)24(13)18(25)16-5-2-11(19)6-17(16)20/h2,5-6,9,13-15H,3-4,7-8,10H2,1H3.